The summed E-state index contributed by atoms with van der Waals surface area (Å²) in [5.74, 6) is 1.34. The number of aryl methyl sites for hydroxylation is 1. The molecular formula is C20H18ClNO4. The summed E-state index contributed by atoms with van der Waals surface area (Å²) in [6.07, 6.45) is 0. The Labute approximate surface area is 155 Å². The fourth-order valence-electron chi connectivity index (χ4n) is 3.24. The second-order valence-corrected chi connectivity index (χ2v) is 6.76. The van der Waals surface area contributed by atoms with Crippen molar-refractivity contribution in [3.8, 4) is 11.5 Å². The molecule has 4 rings (SSSR count). The van der Waals surface area contributed by atoms with E-state index in [2.05, 4.69) is 0 Å². The molecule has 0 unspecified atom stereocenters. The van der Waals surface area contributed by atoms with Crippen LogP contribution in [0.1, 0.15) is 16.7 Å². The van der Waals surface area contributed by atoms with Crippen molar-refractivity contribution >= 4 is 28.3 Å². The summed E-state index contributed by atoms with van der Waals surface area (Å²) < 4.78 is 16.8. The predicted molar refractivity (Wildman–Crippen MR) is 102 cm³/mol. The first kappa shape index (κ1) is 16.8. The highest BCUT2D eigenvalue weighted by atomic mass is 35.5. The molecule has 3 aromatic rings. The van der Waals surface area contributed by atoms with E-state index in [1.54, 1.807) is 14.0 Å². The van der Waals surface area contributed by atoms with Crippen molar-refractivity contribution < 1.29 is 13.9 Å². The van der Waals surface area contributed by atoms with Gasteiger partial charge in [0, 0.05) is 22.7 Å². The highest BCUT2D eigenvalue weighted by Crippen LogP contribution is 2.40. The van der Waals surface area contributed by atoms with E-state index < -0.39 is 0 Å². The van der Waals surface area contributed by atoms with Gasteiger partial charge in [0.05, 0.1) is 24.2 Å². The van der Waals surface area contributed by atoms with Crippen molar-refractivity contribution in [2.75, 3.05) is 18.7 Å². The average Bonchev–Trinajstić information content (AvgIpc) is 2.67. The lowest BCUT2D eigenvalue weighted by Crippen LogP contribution is -2.32. The van der Waals surface area contributed by atoms with Gasteiger partial charge in [-0.15, -0.1) is 0 Å². The monoisotopic (exact) mass is 371 g/mol. The van der Waals surface area contributed by atoms with Crippen molar-refractivity contribution in [2.24, 2.45) is 0 Å². The molecule has 0 bridgehead atoms. The van der Waals surface area contributed by atoms with Crippen LogP contribution in [-0.4, -0.2) is 13.8 Å². The van der Waals surface area contributed by atoms with Crippen molar-refractivity contribution in [3.63, 3.8) is 0 Å². The molecule has 0 aliphatic carbocycles. The number of methoxy groups -OCH3 is 1. The Hall–Kier alpha value is -2.66. The van der Waals surface area contributed by atoms with E-state index in [4.69, 9.17) is 25.5 Å². The van der Waals surface area contributed by atoms with Gasteiger partial charge in [0.25, 0.3) is 0 Å². The summed E-state index contributed by atoms with van der Waals surface area (Å²) in [4.78, 5) is 14.2. The number of hydrogen-bond acceptors (Lipinski definition) is 5. The van der Waals surface area contributed by atoms with Crippen LogP contribution in [0.2, 0.25) is 5.02 Å². The van der Waals surface area contributed by atoms with Crippen LogP contribution in [0.4, 0.5) is 5.69 Å². The van der Waals surface area contributed by atoms with E-state index in [0.29, 0.717) is 35.2 Å². The molecule has 0 atom stereocenters. The molecule has 0 radical (unpaired) electrons. The maximum atomic E-state index is 12.2. The zero-order valence-corrected chi connectivity index (χ0v) is 15.5. The molecule has 1 aliphatic heterocycles. The fraction of sp³-hybridized carbons (Fsp3) is 0.250. The number of rotatable bonds is 2. The molecule has 1 aromatic heterocycles. The first-order valence-electron chi connectivity index (χ1n) is 8.26. The predicted octanol–water partition coefficient (Wildman–Crippen LogP) is 4.43. The molecule has 2 aromatic carbocycles. The maximum Gasteiger partial charge on any atom is 0.339 e. The second-order valence-electron chi connectivity index (χ2n) is 6.36. The van der Waals surface area contributed by atoms with Gasteiger partial charge in [-0.3, -0.25) is 0 Å². The summed E-state index contributed by atoms with van der Waals surface area (Å²) in [5.41, 5.74) is 3.40. The Kier molecular flexibility index (Phi) is 4.04. The molecule has 134 valence electrons. The third-order valence-corrected chi connectivity index (χ3v) is 5.16. The van der Waals surface area contributed by atoms with E-state index in [9.17, 15) is 4.79 Å². The smallest absolute Gasteiger partial charge is 0.339 e. The third kappa shape index (κ3) is 2.59. The summed E-state index contributed by atoms with van der Waals surface area (Å²) in [7, 11) is 1.63. The van der Waals surface area contributed by atoms with Gasteiger partial charge in [0.2, 0.25) is 0 Å². The molecule has 0 saturated heterocycles. The fourth-order valence-corrected chi connectivity index (χ4v) is 3.52. The molecule has 1 aliphatic rings. The van der Waals surface area contributed by atoms with E-state index in [-0.39, 0.29) is 5.63 Å². The first-order chi connectivity index (χ1) is 12.5. The molecule has 0 N–H and O–H groups in total. The number of benzene rings is 2. The topological polar surface area (TPSA) is 51.9 Å². The van der Waals surface area contributed by atoms with Crippen LogP contribution < -0.4 is 20.0 Å². The van der Waals surface area contributed by atoms with Gasteiger partial charge in [0.15, 0.2) is 6.73 Å². The molecule has 0 saturated carbocycles. The molecule has 5 nitrogen and oxygen atoms in total. The molecule has 26 heavy (non-hydrogen) atoms. The molecule has 2 heterocycles. The largest absolute Gasteiger partial charge is 0.497 e. The number of hydrogen-bond donors (Lipinski definition) is 0. The average molecular weight is 372 g/mol. The van der Waals surface area contributed by atoms with Crippen LogP contribution in [0, 0.1) is 13.8 Å². The normalized spacial score (nSPS) is 13.5. The molecule has 0 spiro atoms. The number of halogens is 1. The van der Waals surface area contributed by atoms with E-state index in [0.717, 1.165) is 28.0 Å². The Bertz CT molecular complexity index is 1070. The second kappa shape index (κ2) is 6.25. The lowest BCUT2D eigenvalue weighted by molar-refractivity contribution is 0.289. The minimum absolute atomic E-state index is 0.335. The van der Waals surface area contributed by atoms with E-state index in [1.165, 1.54) is 0 Å². The van der Waals surface area contributed by atoms with Gasteiger partial charge in [-0.1, -0.05) is 17.7 Å². The number of nitrogens with zero attached hydrogens (tertiary/aromatic N) is 1. The molecule has 0 fully saturated rings. The van der Waals surface area contributed by atoms with Crippen molar-refractivity contribution in [1.82, 2.24) is 0 Å². The Morgan fingerprint density at radius 2 is 2.00 bits per heavy atom. The molecular weight excluding hydrogens is 354 g/mol. The van der Waals surface area contributed by atoms with Gasteiger partial charge < -0.3 is 18.8 Å². The van der Waals surface area contributed by atoms with Crippen LogP contribution in [0.15, 0.2) is 39.5 Å². The highest BCUT2D eigenvalue weighted by Gasteiger charge is 2.26. The first-order valence-corrected chi connectivity index (χ1v) is 8.64. The van der Waals surface area contributed by atoms with Crippen LogP contribution >= 0.6 is 11.6 Å². The van der Waals surface area contributed by atoms with Crippen LogP contribution in [0.5, 0.6) is 11.5 Å². The summed E-state index contributed by atoms with van der Waals surface area (Å²) >= 11 is 6.44. The number of fused-ring (bicyclic) bond motifs is 3. The molecule has 6 heteroatoms. The summed E-state index contributed by atoms with van der Waals surface area (Å²) in [6, 6.07) is 9.54. The van der Waals surface area contributed by atoms with Gasteiger partial charge in [-0.05, 0) is 37.6 Å². The quantitative estimate of drug-likeness (QED) is 0.624. The number of ether oxygens (including phenoxy) is 2. The van der Waals surface area contributed by atoms with Crippen LogP contribution in [0.25, 0.3) is 11.0 Å². The maximum absolute atomic E-state index is 12.2. The lowest BCUT2D eigenvalue weighted by Gasteiger charge is -2.31. The van der Waals surface area contributed by atoms with Gasteiger partial charge in [-0.25, -0.2) is 4.79 Å². The van der Waals surface area contributed by atoms with E-state index in [1.807, 2.05) is 42.2 Å². The highest BCUT2D eigenvalue weighted by molar-refractivity contribution is 6.33. The Morgan fingerprint density at radius 3 is 2.77 bits per heavy atom. The zero-order chi connectivity index (χ0) is 18.4. The zero-order valence-electron chi connectivity index (χ0n) is 14.8. The Morgan fingerprint density at radius 1 is 1.19 bits per heavy atom. The van der Waals surface area contributed by atoms with Crippen LogP contribution in [0.3, 0.4) is 0 Å². The standard InChI is InChI=1S/C20H18ClNO4/c1-11-12(2)20(23)26-18-15(11)8-17(21)19-16(18)9-22(10-25-19)13-5-4-6-14(7-13)24-3/h4-8H,9-10H2,1-3H3. The SMILES string of the molecule is COc1cccc(N2COc3c(Cl)cc4c(C)c(C)c(=O)oc4c3C2)c1. The summed E-state index contributed by atoms with van der Waals surface area (Å²) in [6.45, 7) is 4.53. The van der Waals surface area contributed by atoms with Crippen molar-refractivity contribution in [1.29, 1.82) is 0 Å². The van der Waals surface area contributed by atoms with Crippen molar-refractivity contribution in [2.45, 2.75) is 20.4 Å². The minimum Gasteiger partial charge on any atom is -0.497 e. The minimum atomic E-state index is -0.335. The van der Waals surface area contributed by atoms with Gasteiger partial charge in [0.1, 0.15) is 17.1 Å². The van der Waals surface area contributed by atoms with Crippen molar-refractivity contribution in [3.05, 3.63) is 62.5 Å². The molecule has 0 amide bonds. The van der Waals surface area contributed by atoms with E-state index >= 15 is 0 Å². The van der Waals surface area contributed by atoms with Gasteiger partial charge >= 0.3 is 5.63 Å². The third-order valence-electron chi connectivity index (χ3n) is 4.88. The van der Waals surface area contributed by atoms with Crippen LogP contribution in [-0.2, 0) is 6.54 Å². The van der Waals surface area contributed by atoms with Gasteiger partial charge in [-0.2, -0.15) is 0 Å². The Balaban J connectivity index is 1.87. The number of anilines is 1. The summed E-state index contributed by atoms with van der Waals surface area (Å²) in [5, 5.41) is 1.36. The lowest BCUT2D eigenvalue weighted by atomic mass is 10.0.